The molecule has 188 valence electrons. The Morgan fingerprint density at radius 1 is 0.800 bits per heavy atom. The molecule has 0 aliphatic heterocycles. The quantitative estimate of drug-likeness (QED) is 0.248. The monoisotopic (exact) mass is 514 g/mol. The van der Waals surface area contributed by atoms with Gasteiger partial charge in [-0.25, -0.2) is 0 Å². The Labute approximate surface area is 216 Å². The van der Waals surface area contributed by atoms with Gasteiger partial charge in [-0.1, -0.05) is 106 Å². The number of carbonyl (C=O) groups is 2. The number of primary amides is 2. The number of amides is 2. The summed E-state index contributed by atoms with van der Waals surface area (Å²) in [6.45, 7) is 5.18. The SMILES string of the molecule is CC(CO)C(N)=O.CCC(C)C(N)=O.Pc1ccc(C(Cl)(c2ccccc2)c2ccccc2)cc1. The molecule has 7 heteroatoms. The van der Waals surface area contributed by atoms with Gasteiger partial charge in [0.15, 0.2) is 0 Å². The Hall–Kier alpha value is -2.72. The lowest BCUT2D eigenvalue weighted by Crippen LogP contribution is -2.22. The fourth-order valence-corrected chi connectivity index (χ4v) is 3.41. The zero-order chi connectivity index (χ0) is 26.4. The first-order valence-corrected chi connectivity index (χ1v) is 12.4. The van der Waals surface area contributed by atoms with Crippen LogP contribution in [0.5, 0.6) is 0 Å². The van der Waals surface area contributed by atoms with Crippen LogP contribution in [0, 0.1) is 11.8 Å². The largest absolute Gasteiger partial charge is 0.396 e. The molecule has 35 heavy (non-hydrogen) atoms. The van der Waals surface area contributed by atoms with Gasteiger partial charge in [0.1, 0.15) is 4.87 Å². The van der Waals surface area contributed by atoms with Crippen LogP contribution in [0.1, 0.15) is 43.9 Å². The predicted molar refractivity (Wildman–Crippen MR) is 148 cm³/mol. The van der Waals surface area contributed by atoms with Crippen LogP contribution in [0.25, 0.3) is 0 Å². The summed E-state index contributed by atoms with van der Waals surface area (Å²) in [5, 5.41) is 9.36. The molecule has 5 nitrogen and oxygen atoms in total. The summed E-state index contributed by atoms with van der Waals surface area (Å²) in [7, 11) is 2.71. The van der Waals surface area contributed by atoms with Gasteiger partial charge in [-0.3, -0.25) is 9.59 Å². The summed E-state index contributed by atoms with van der Waals surface area (Å²) in [6, 6.07) is 28.8. The molecule has 0 aliphatic rings. The number of halogens is 1. The van der Waals surface area contributed by atoms with Crippen molar-refractivity contribution in [3.8, 4) is 0 Å². The van der Waals surface area contributed by atoms with Gasteiger partial charge in [0.25, 0.3) is 0 Å². The average Bonchev–Trinajstić information content (AvgIpc) is 2.89. The lowest BCUT2D eigenvalue weighted by Gasteiger charge is -2.29. The molecule has 0 spiro atoms. The second kappa shape index (κ2) is 15.3. The van der Waals surface area contributed by atoms with E-state index in [1.807, 2.05) is 50.2 Å². The number of aliphatic hydroxyl groups excluding tert-OH is 1. The number of benzene rings is 3. The van der Waals surface area contributed by atoms with Crippen molar-refractivity contribution >= 4 is 38.0 Å². The maximum Gasteiger partial charge on any atom is 0.222 e. The van der Waals surface area contributed by atoms with Gasteiger partial charge in [-0.2, -0.15) is 0 Å². The highest BCUT2D eigenvalue weighted by atomic mass is 35.5. The standard InChI is InChI=1S/C19H16ClP.C5H11NO.C4H9NO2/c20-19(15-7-3-1-4-8-15,16-9-5-2-6-10-16)17-11-13-18(21)14-12-17;1-3-4(2)5(6)7;1-3(2-6)4(5)7/h1-14H,21H2;4H,3H2,1-2H3,(H2,6,7);3,6H,2H2,1H3,(H2,5,7). The molecular weight excluding hydrogens is 479 g/mol. The van der Waals surface area contributed by atoms with Gasteiger partial charge in [0.2, 0.25) is 11.8 Å². The van der Waals surface area contributed by atoms with E-state index in [2.05, 4.69) is 57.8 Å². The number of hydrogen-bond donors (Lipinski definition) is 3. The number of alkyl halides is 1. The maximum atomic E-state index is 10.2. The van der Waals surface area contributed by atoms with Crippen LogP contribution < -0.4 is 16.8 Å². The Kier molecular flexibility index (Phi) is 13.3. The first-order chi connectivity index (χ1) is 16.6. The van der Waals surface area contributed by atoms with Crippen molar-refractivity contribution in [2.75, 3.05) is 6.61 Å². The Balaban J connectivity index is 0.000000362. The van der Waals surface area contributed by atoms with Crippen LogP contribution in [0.15, 0.2) is 84.9 Å². The highest BCUT2D eigenvalue weighted by Gasteiger charge is 2.33. The highest BCUT2D eigenvalue weighted by molar-refractivity contribution is 7.27. The molecule has 3 aromatic rings. The first-order valence-electron chi connectivity index (χ1n) is 11.4. The number of hydrogen-bond acceptors (Lipinski definition) is 3. The second-order valence-corrected chi connectivity index (χ2v) is 9.44. The van der Waals surface area contributed by atoms with E-state index >= 15 is 0 Å². The Morgan fingerprint density at radius 3 is 1.43 bits per heavy atom. The highest BCUT2D eigenvalue weighted by Crippen LogP contribution is 2.42. The molecule has 0 fully saturated rings. The topological polar surface area (TPSA) is 106 Å². The summed E-state index contributed by atoms with van der Waals surface area (Å²) < 4.78 is 0. The van der Waals surface area contributed by atoms with Crippen LogP contribution in [-0.4, -0.2) is 23.5 Å². The third-order valence-electron chi connectivity index (χ3n) is 5.51. The van der Waals surface area contributed by atoms with E-state index in [-0.39, 0.29) is 18.4 Å². The minimum Gasteiger partial charge on any atom is -0.396 e. The molecule has 3 unspecified atom stereocenters. The van der Waals surface area contributed by atoms with Gasteiger partial charge >= 0.3 is 0 Å². The Bertz CT molecular complexity index is 972. The van der Waals surface area contributed by atoms with E-state index in [4.69, 9.17) is 28.2 Å². The van der Waals surface area contributed by atoms with E-state index in [9.17, 15) is 9.59 Å². The van der Waals surface area contributed by atoms with Gasteiger partial charge in [0, 0.05) is 5.92 Å². The van der Waals surface area contributed by atoms with Crippen molar-refractivity contribution in [2.45, 2.75) is 32.1 Å². The second-order valence-electron chi connectivity index (χ2n) is 8.21. The summed E-state index contributed by atoms with van der Waals surface area (Å²) in [5.74, 6) is -1.02. The lowest BCUT2D eigenvalue weighted by molar-refractivity contribution is -0.122. The predicted octanol–water partition coefficient (Wildman–Crippen LogP) is 4.34. The normalized spacial score (nSPS) is 12.2. The van der Waals surface area contributed by atoms with Crippen molar-refractivity contribution in [2.24, 2.45) is 23.3 Å². The molecule has 3 aromatic carbocycles. The van der Waals surface area contributed by atoms with Gasteiger partial charge < -0.3 is 16.6 Å². The molecule has 5 N–H and O–H groups in total. The summed E-state index contributed by atoms with van der Waals surface area (Å²) >= 11 is 7.16. The van der Waals surface area contributed by atoms with Crippen molar-refractivity contribution < 1.29 is 14.7 Å². The number of carbonyl (C=O) groups excluding carboxylic acids is 2. The van der Waals surface area contributed by atoms with Gasteiger partial charge in [0.05, 0.1) is 12.5 Å². The van der Waals surface area contributed by atoms with Crippen LogP contribution in [-0.2, 0) is 14.5 Å². The molecule has 0 aliphatic carbocycles. The fraction of sp³-hybridized carbons (Fsp3) is 0.286. The zero-order valence-electron chi connectivity index (χ0n) is 20.5. The van der Waals surface area contributed by atoms with Crippen molar-refractivity contribution in [1.29, 1.82) is 0 Å². The fourth-order valence-electron chi connectivity index (χ4n) is 2.84. The summed E-state index contributed by atoms with van der Waals surface area (Å²) in [5.41, 5.74) is 12.9. The van der Waals surface area contributed by atoms with Crippen molar-refractivity contribution in [1.82, 2.24) is 0 Å². The summed E-state index contributed by atoms with van der Waals surface area (Å²) in [4.78, 5) is 19.5. The first kappa shape index (κ1) is 30.3. The van der Waals surface area contributed by atoms with Crippen LogP contribution in [0.2, 0.25) is 0 Å². The minimum atomic E-state index is -0.666. The zero-order valence-corrected chi connectivity index (χ0v) is 22.4. The molecule has 0 saturated carbocycles. The van der Waals surface area contributed by atoms with Crippen molar-refractivity contribution in [3.63, 3.8) is 0 Å². The molecule has 0 radical (unpaired) electrons. The molecular formula is C28H36ClN2O3P. The van der Waals surface area contributed by atoms with E-state index < -0.39 is 16.7 Å². The lowest BCUT2D eigenvalue weighted by atomic mass is 9.84. The van der Waals surface area contributed by atoms with E-state index in [1.54, 1.807) is 6.92 Å². The maximum absolute atomic E-state index is 10.2. The van der Waals surface area contributed by atoms with Gasteiger partial charge in [-0.05, 0) is 28.4 Å². The Morgan fingerprint density at radius 2 is 1.17 bits per heavy atom. The third-order valence-corrected chi connectivity index (χ3v) is 6.55. The number of rotatable bonds is 7. The molecule has 3 atom stereocenters. The van der Waals surface area contributed by atoms with E-state index in [0.29, 0.717) is 0 Å². The van der Waals surface area contributed by atoms with Crippen LogP contribution >= 0.6 is 20.8 Å². The van der Waals surface area contributed by atoms with Crippen LogP contribution in [0.4, 0.5) is 0 Å². The number of nitrogens with two attached hydrogens (primary N) is 2. The molecule has 0 aromatic heterocycles. The van der Waals surface area contributed by atoms with E-state index in [1.165, 1.54) is 0 Å². The molecule has 0 saturated heterocycles. The van der Waals surface area contributed by atoms with Crippen LogP contribution in [0.3, 0.4) is 0 Å². The average molecular weight is 515 g/mol. The van der Waals surface area contributed by atoms with E-state index in [0.717, 1.165) is 28.4 Å². The third kappa shape index (κ3) is 9.45. The smallest absolute Gasteiger partial charge is 0.222 e. The molecule has 0 heterocycles. The number of aliphatic hydroxyl groups is 1. The summed E-state index contributed by atoms with van der Waals surface area (Å²) in [6.07, 6.45) is 0.843. The molecule has 0 bridgehead atoms. The van der Waals surface area contributed by atoms with Gasteiger partial charge in [-0.15, -0.1) is 20.8 Å². The minimum absolute atomic E-state index is 0.0417. The molecule has 3 rings (SSSR count). The van der Waals surface area contributed by atoms with Crippen molar-refractivity contribution in [3.05, 3.63) is 102 Å². The molecule has 2 amide bonds.